The van der Waals surface area contributed by atoms with Gasteiger partial charge in [-0.05, 0) is 29.8 Å². The molecule has 0 saturated carbocycles. The molecule has 0 saturated heterocycles. The third-order valence-corrected chi connectivity index (χ3v) is 3.12. The predicted octanol–water partition coefficient (Wildman–Crippen LogP) is 2.50. The van der Waals surface area contributed by atoms with Crippen molar-refractivity contribution >= 4 is 23.1 Å². The highest BCUT2D eigenvalue weighted by Gasteiger charge is 2.14. The van der Waals surface area contributed by atoms with Gasteiger partial charge in [-0.25, -0.2) is 10.5 Å². The van der Waals surface area contributed by atoms with E-state index in [1.54, 1.807) is 23.7 Å². The Morgan fingerprint density at radius 3 is 2.80 bits per heavy atom. The Bertz CT molecular complexity index is 695. The normalized spacial score (nSPS) is 12.6. The van der Waals surface area contributed by atoms with Crippen LogP contribution < -0.4 is 10.8 Å². The van der Waals surface area contributed by atoms with E-state index in [0.29, 0.717) is 5.56 Å². The number of carbonyl (C=O) groups excluding carboxylic acids is 1. The quantitative estimate of drug-likeness (QED) is 0.578. The topological polar surface area (TPSA) is 73.7 Å². The SMILES string of the molecule is O=C(NO)c1cccc(NC2=Nc3ccccc3C2)c1. The molecule has 5 nitrogen and oxygen atoms in total. The van der Waals surface area contributed by atoms with Crippen molar-refractivity contribution < 1.29 is 10.0 Å². The van der Waals surface area contributed by atoms with Crippen molar-refractivity contribution in [2.45, 2.75) is 6.42 Å². The molecule has 0 bridgehead atoms. The molecule has 2 aromatic carbocycles. The Balaban J connectivity index is 1.79. The summed E-state index contributed by atoms with van der Waals surface area (Å²) in [5, 5.41) is 11.8. The number of benzene rings is 2. The molecule has 20 heavy (non-hydrogen) atoms. The first-order valence-electron chi connectivity index (χ1n) is 6.23. The molecule has 0 aliphatic carbocycles. The largest absolute Gasteiger partial charge is 0.343 e. The van der Waals surface area contributed by atoms with Crippen LogP contribution in [0.2, 0.25) is 0 Å². The van der Waals surface area contributed by atoms with Crippen LogP contribution in [0, 0.1) is 0 Å². The summed E-state index contributed by atoms with van der Waals surface area (Å²) in [6.45, 7) is 0. The predicted molar refractivity (Wildman–Crippen MR) is 76.6 cm³/mol. The average Bonchev–Trinajstić information content (AvgIpc) is 2.88. The fourth-order valence-corrected chi connectivity index (χ4v) is 2.18. The minimum Gasteiger partial charge on any atom is -0.343 e. The second kappa shape index (κ2) is 5.14. The molecule has 0 aromatic heterocycles. The van der Waals surface area contributed by atoms with Crippen LogP contribution in [0.15, 0.2) is 53.5 Å². The van der Waals surface area contributed by atoms with Crippen molar-refractivity contribution in [2.75, 3.05) is 5.32 Å². The number of hydrogen-bond acceptors (Lipinski definition) is 4. The van der Waals surface area contributed by atoms with Crippen molar-refractivity contribution in [3.63, 3.8) is 0 Å². The van der Waals surface area contributed by atoms with Crippen molar-refractivity contribution in [3.8, 4) is 0 Å². The Morgan fingerprint density at radius 1 is 1.15 bits per heavy atom. The van der Waals surface area contributed by atoms with E-state index in [1.807, 2.05) is 30.3 Å². The van der Waals surface area contributed by atoms with Crippen molar-refractivity contribution in [3.05, 3.63) is 59.7 Å². The Kier molecular flexibility index (Phi) is 3.18. The first-order valence-corrected chi connectivity index (χ1v) is 6.23. The zero-order chi connectivity index (χ0) is 13.9. The third-order valence-electron chi connectivity index (χ3n) is 3.12. The molecule has 1 heterocycles. The van der Waals surface area contributed by atoms with E-state index in [1.165, 1.54) is 5.56 Å². The number of para-hydroxylation sites is 1. The summed E-state index contributed by atoms with van der Waals surface area (Å²) in [5.41, 5.74) is 4.92. The number of nitrogens with one attached hydrogen (secondary N) is 2. The van der Waals surface area contributed by atoms with Gasteiger partial charge in [0.25, 0.3) is 5.91 Å². The number of carbonyl (C=O) groups is 1. The van der Waals surface area contributed by atoms with Gasteiger partial charge in [0.2, 0.25) is 0 Å². The van der Waals surface area contributed by atoms with Crippen LogP contribution in [0.4, 0.5) is 11.4 Å². The molecule has 0 unspecified atom stereocenters. The number of aliphatic imine (C=N–C) groups is 1. The van der Waals surface area contributed by atoms with Gasteiger partial charge >= 0.3 is 0 Å². The van der Waals surface area contributed by atoms with E-state index in [2.05, 4.69) is 10.3 Å². The minimum atomic E-state index is -0.537. The smallest absolute Gasteiger partial charge is 0.274 e. The second-order valence-electron chi connectivity index (χ2n) is 4.51. The van der Waals surface area contributed by atoms with Gasteiger partial charge in [0.1, 0.15) is 5.84 Å². The molecule has 1 aliphatic heterocycles. The Morgan fingerprint density at radius 2 is 2.00 bits per heavy atom. The van der Waals surface area contributed by atoms with Gasteiger partial charge in [0, 0.05) is 17.7 Å². The van der Waals surface area contributed by atoms with Gasteiger partial charge in [-0.3, -0.25) is 10.0 Å². The van der Waals surface area contributed by atoms with Gasteiger partial charge in [-0.1, -0.05) is 24.3 Å². The van der Waals surface area contributed by atoms with Gasteiger partial charge < -0.3 is 5.32 Å². The molecular weight excluding hydrogens is 254 g/mol. The maximum Gasteiger partial charge on any atom is 0.274 e. The molecule has 0 fully saturated rings. The summed E-state index contributed by atoms with van der Waals surface area (Å²) in [6.07, 6.45) is 0.743. The van der Waals surface area contributed by atoms with Crippen LogP contribution >= 0.6 is 0 Å². The molecule has 1 amide bonds. The van der Waals surface area contributed by atoms with Gasteiger partial charge in [-0.2, -0.15) is 0 Å². The zero-order valence-corrected chi connectivity index (χ0v) is 10.6. The van der Waals surface area contributed by atoms with Crippen molar-refractivity contribution in [2.24, 2.45) is 4.99 Å². The summed E-state index contributed by atoms with van der Waals surface area (Å²) in [6, 6.07) is 14.8. The summed E-state index contributed by atoms with van der Waals surface area (Å²) < 4.78 is 0. The number of fused-ring (bicyclic) bond motifs is 1. The Hall–Kier alpha value is -2.66. The van der Waals surface area contributed by atoms with Crippen LogP contribution in [0.1, 0.15) is 15.9 Å². The molecule has 5 heteroatoms. The van der Waals surface area contributed by atoms with E-state index < -0.39 is 5.91 Å². The van der Waals surface area contributed by atoms with Crippen LogP contribution in [-0.2, 0) is 6.42 Å². The zero-order valence-electron chi connectivity index (χ0n) is 10.6. The number of nitrogens with zero attached hydrogens (tertiary/aromatic N) is 1. The number of rotatable bonds is 2. The molecule has 0 atom stereocenters. The minimum absolute atomic E-state index is 0.383. The van der Waals surface area contributed by atoms with E-state index in [4.69, 9.17) is 5.21 Å². The molecular formula is C15H13N3O2. The van der Waals surface area contributed by atoms with Crippen LogP contribution in [-0.4, -0.2) is 17.0 Å². The molecule has 1 aliphatic rings. The van der Waals surface area contributed by atoms with Gasteiger partial charge in [-0.15, -0.1) is 0 Å². The monoisotopic (exact) mass is 267 g/mol. The maximum absolute atomic E-state index is 11.4. The standard InChI is InChI=1S/C15H13N3O2/c19-15(18-20)11-5-3-6-12(8-11)16-14-9-10-4-1-2-7-13(10)17-14/h1-8,20H,9H2,(H,16,17)(H,18,19). The first-order chi connectivity index (χ1) is 9.76. The maximum atomic E-state index is 11.4. The Labute approximate surface area is 115 Å². The summed E-state index contributed by atoms with van der Waals surface area (Å²) in [7, 11) is 0. The fraction of sp³-hybridized carbons (Fsp3) is 0.0667. The molecule has 0 spiro atoms. The number of anilines is 1. The van der Waals surface area contributed by atoms with Crippen LogP contribution in [0.3, 0.4) is 0 Å². The average molecular weight is 267 g/mol. The van der Waals surface area contributed by atoms with E-state index >= 15 is 0 Å². The number of amidine groups is 1. The lowest BCUT2D eigenvalue weighted by Gasteiger charge is -2.07. The molecule has 3 rings (SSSR count). The summed E-state index contributed by atoms with van der Waals surface area (Å²) in [5.74, 6) is 0.304. The van der Waals surface area contributed by atoms with Crippen LogP contribution in [0.25, 0.3) is 0 Å². The highest BCUT2D eigenvalue weighted by molar-refractivity contribution is 6.03. The number of hydrogen-bond donors (Lipinski definition) is 3. The third kappa shape index (κ3) is 2.39. The molecule has 3 N–H and O–H groups in total. The summed E-state index contributed by atoms with van der Waals surface area (Å²) in [4.78, 5) is 15.9. The van der Waals surface area contributed by atoms with Gasteiger partial charge in [0.15, 0.2) is 0 Å². The first kappa shape index (κ1) is 12.4. The molecule has 100 valence electrons. The van der Waals surface area contributed by atoms with Crippen LogP contribution in [0.5, 0.6) is 0 Å². The summed E-state index contributed by atoms with van der Waals surface area (Å²) >= 11 is 0. The lowest BCUT2D eigenvalue weighted by molar-refractivity contribution is 0.0706. The van der Waals surface area contributed by atoms with E-state index in [-0.39, 0.29) is 0 Å². The van der Waals surface area contributed by atoms with Gasteiger partial charge in [0.05, 0.1) is 5.69 Å². The number of hydroxylamine groups is 1. The van der Waals surface area contributed by atoms with Crippen molar-refractivity contribution in [1.29, 1.82) is 0 Å². The lowest BCUT2D eigenvalue weighted by atomic mass is 10.1. The van der Waals surface area contributed by atoms with E-state index in [0.717, 1.165) is 23.6 Å². The highest BCUT2D eigenvalue weighted by atomic mass is 16.5. The highest BCUT2D eigenvalue weighted by Crippen LogP contribution is 2.26. The lowest BCUT2D eigenvalue weighted by Crippen LogP contribution is -2.19. The number of amides is 1. The molecule has 0 radical (unpaired) electrons. The second-order valence-corrected chi connectivity index (χ2v) is 4.51. The fourth-order valence-electron chi connectivity index (χ4n) is 2.18. The van der Waals surface area contributed by atoms with Crippen molar-refractivity contribution in [1.82, 2.24) is 5.48 Å². The van der Waals surface area contributed by atoms with E-state index in [9.17, 15) is 4.79 Å². The molecule has 2 aromatic rings.